The summed E-state index contributed by atoms with van der Waals surface area (Å²) >= 11 is 6.36. The second kappa shape index (κ2) is 7.79. The molecule has 29 heavy (non-hydrogen) atoms. The molecule has 1 saturated heterocycles. The highest BCUT2D eigenvalue weighted by molar-refractivity contribution is 6.45. The monoisotopic (exact) mass is 416 g/mol. The highest BCUT2D eigenvalue weighted by atomic mass is 35.5. The molecule has 2 aliphatic heterocycles. The van der Waals surface area contributed by atoms with Gasteiger partial charge in [-0.25, -0.2) is 0 Å². The Morgan fingerprint density at radius 3 is 2.66 bits per heavy atom. The molecule has 1 fully saturated rings. The van der Waals surface area contributed by atoms with Crippen LogP contribution in [0.3, 0.4) is 0 Å². The maximum atomic E-state index is 12.9. The van der Waals surface area contributed by atoms with Gasteiger partial charge in [0.1, 0.15) is 17.5 Å². The van der Waals surface area contributed by atoms with E-state index in [9.17, 15) is 14.4 Å². The number of esters is 1. The number of rotatable bonds is 5. The van der Waals surface area contributed by atoms with Gasteiger partial charge in [-0.2, -0.15) is 0 Å². The van der Waals surface area contributed by atoms with Crippen LogP contribution in [0, 0.1) is 17.8 Å². The maximum absolute atomic E-state index is 12.9. The highest BCUT2D eigenvalue weighted by Gasteiger charge is 2.63. The molecule has 0 N–H and O–H groups in total. The molecule has 3 rings (SSSR count). The van der Waals surface area contributed by atoms with Gasteiger partial charge in [0.05, 0.1) is 17.2 Å². The van der Waals surface area contributed by atoms with Crippen LogP contribution in [0.4, 0.5) is 0 Å². The Hall–Kier alpha value is -2.40. The molecular formula is C23H25ClO5. The summed E-state index contributed by atoms with van der Waals surface area (Å²) in [5.74, 6) is -2.37. The minimum Gasteiger partial charge on any atom is -0.465 e. The van der Waals surface area contributed by atoms with Crippen molar-refractivity contribution < 1.29 is 23.9 Å². The zero-order valence-corrected chi connectivity index (χ0v) is 18.0. The number of hydrogen-bond acceptors (Lipinski definition) is 5. The van der Waals surface area contributed by atoms with E-state index in [0.717, 1.165) is 12.0 Å². The van der Waals surface area contributed by atoms with Crippen LogP contribution in [0.15, 0.2) is 58.1 Å². The Labute approximate surface area is 175 Å². The third kappa shape index (κ3) is 3.64. The molecule has 0 spiro atoms. The first kappa shape index (κ1) is 21.3. The summed E-state index contributed by atoms with van der Waals surface area (Å²) in [6, 6.07) is 0. The van der Waals surface area contributed by atoms with Gasteiger partial charge in [-0.3, -0.25) is 14.4 Å². The lowest BCUT2D eigenvalue weighted by molar-refractivity contribution is -0.156. The fraction of sp³-hybridized carbons (Fsp3) is 0.435. The van der Waals surface area contributed by atoms with Gasteiger partial charge in [-0.1, -0.05) is 49.6 Å². The second-order valence-electron chi connectivity index (χ2n) is 8.02. The molecule has 0 aromatic rings. The molecule has 4 atom stereocenters. The third-order valence-electron chi connectivity index (χ3n) is 5.77. The molecule has 0 saturated carbocycles. The van der Waals surface area contributed by atoms with Crippen LogP contribution >= 0.6 is 11.6 Å². The van der Waals surface area contributed by atoms with Crippen molar-refractivity contribution >= 4 is 29.1 Å². The van der Waals surface area contributed by atoms with E-state index in [4.69, 9.17) is 21.1 Å². The van der Waals surface area contributed by atoms with E-state index in [2.05, 4.69) is 19.9 Å². The summed E-state index contributed by atoms with van der Waals surface area (Å²) in [5, 5.41) is -0.0203. The van der Waals surface area contributed by atoms with E-state index in [1.165, 1.54) is 20.1 Å². The summed E-state index contributed by atoms with van der Waals surface area (Å²) in [4.78, 5) is 37.3. The Kier molecular flexibility index (Phi) is 5.72. The Balaban J connectivity index is 1.98. The first-order valence-electron chi connectivity index (χ1n) is 9.73. The molecule has 0 bridgehead atoms. The quantitative estimate of drug-likeness (QED) is 0.373. The number of allylic oxidation sites excluding steroid dienone is 6. The number of Topliss-reactive ketones (excluding diaryl/α,β-unsaturated/α-hetero) is 2. The third-order valence-corrected chi connectivity index (χ3v) is 6.15. The fourth-order valence-corrected chi connectivity index (χ4v) is 4.35. The molecule has 4 unspecified atom stereocenters. The minimum absolute atomic E-state index is 0.0203. The average molecular weight is 417 g/mol. The SMILES string of the molecule is CCC(C)C=C(C)C=CC1=CC2=C(Cl)C(=O)C3(C)OC(=O)C(C(C)=O)C3C2=CO1. The van der Waals surface area contributed by atoms with Crippen molar-refractivity contribution in [2.45, 2.75) is 46.6 Å². The van der Waals surface area contributed by atoms with E-state index in [0.29, 0.717) is 22.8 Å². The summed E-state index contributed by atoms with van der Waals surface area (Å²) in [5.41, 5.74) is 0.600. The standard InChI is InChI=1S/C23H25ClO5/c1-6-12(2)9-13(3)7-8-15-10-16-17(11-28-15)19-18(14(4)25)22(27)29-23(19,5)21(26)20(16)24/h7-12,18-19H,6H2,1-5H3. The maximum Gasteiger partial charge on any atom is 0.318 e. The zero-order valence-electron chi connectivity index (χ0n) is 17.2. The van der Waals surface area contributed by atoms with Gasteiger partial charge in [0.15, 0.2) is 5.60 Å². The summed E-state index contributed by atoms with van der Waals surface area (Å²) in [7, 11) is 0. The van der Waals surface area contributed by atoms with Crippen molar-refractivity contribution in [3.05, 3.63) is 58.1 Å². The average Bonchev–Trinajstić information content (AvgIpc) is 2.96. The van der Waals surface area contributed by atoms with Crippen LogP contribution in [-0.4, -0.2) is 23.1 Å². The van der Waals surface area contributed by atoms with Gasteiger partial charge in [0, 0.05) is 11.1 Å². The van der Waals surface area contributed by atoms with Crippen LogP contribution in [0.2, 0.25) is 0 Å². The molecule has 0 amide bonds. The Morgan fingerprint density at radius 1 is 1.34 bits per heavy atom. The number of fused-ring (bicyclic) bond motifs is 3. The molecule has 3 aliphatic rings. The molecule has 0 radical (unpaired) electrons. The molecule has 0 aromatic carbocycles. The van der Waals surface area contributed by atoms with Gasteiger partial charge in [0.25, 0.3) is 0 Å². The Bertz CT molecular complexity index is 933. The van der Waals surface area contributed by atoms with E-state index < -0.39 is 29.2 Å². The lowest BCUT2D eigenvalue weighted by atomic mass is 9.68. The van der Waals surface area contributed by atoms with E-state index in [1.807, 2.05) is 13.0 Å². The van der Waals surface area contributed by atoms with Crippen molar-refractivity contribution in [2.75, 3.05) is 0 Å². The molecular weight excluding hydrogens is 392 g/mol. The number of carbonyl (C=O) groups excluding carboxylic acids is 3. The summed E-state index contributed by atoms with van der Waals surface area (Å²) in [6.45, 7) is 9.11. The predicted octanol–water partition coefficient (Wildman–Crippen LogP) is 4.55. The summed E-state index contributed by atoms with van der Waals surface area (Å²) in [6.07, 6.45) is 10.1. The minimum atomic E-state index is -1.50. The topological polar surface area (TPSA) is 69.7 Å². The molecule has 154 valence electrons. The first-order valence-corrected chi connectivity index (χ1v) is 10.1. The lowest BCUT2D eigenvalue weighted by Crippen LogP contribution is -2.47. The van der Waals surface area contributed by atoms with E-state index in [1.54, 1.807) is 12.2 Å². The van der Waals surface area contributed by atoms with Crippen LogP contribution in [0.1, 0.15) is 41.0 Å². The van der Waals surface area contributed by atoms with Gasteiger partial charge in [-0.05, 0) is 38.8 Å². The van der Waals surface area contributed by atoms with Crippen LogP contribution in [0.5, 0.6) is 0 Å². The van der Waals surface area contributed by atoms with E-state index in [-0.39, 0.29) is 10.8 Å². The molecule has 2 heterocycles. The van der Waals surface area contributed by atoms with Crippen LogP contribution < -0.4 is 0 Å². The number of carbonyl (C=O) groups is 3. The fourth-order valence-electron chi connectivity index (χ4n) is 4.00. The van der Waals surface area contributed by atoms with Gasteiger partial charge in [0.2, 0.25) is 5.78 Å². The zero-order chi connectivity index (χ0) is 21.5. The summed E-state index contributed by atoms with van der Waals surface area (Å²) < 4.78 is 11.1. The van der Waals surface area contributed by atoms with Gasteiger partial charge >= 0.3 is 5.97 Å². The van der Waals surface area contributed by atoms with Gasteiger partial charge in [-0.15, -0.1) is 0 Å². The Morgan fingerprint density at radius 2 is 2.03 bits per heavy atom. The molecule has 0 aromatic heterocycles. The van der Waals surface area contributed by atoms with Crippen molar-refractivity contribution in [2.24, 2.45) is 17.8 Å². The predicted molar refractivity (Wildman–Crippen MR) is 110 cm³/mol. The van der Waals surface area contributed by atoms with Crippen LogP contribution in [-0.2, 0) is 23.9 Å². The van der Waals surface area contributed by atoms with Crippen molar-refractivity contribution in [3.63, 3.8) is 0 Å². The second-order valence-corrected chi connectivity index (χ2v) is 8.40. The van der Waals surface area contributed by atoms with Gasteiger partial charge < -0.3 is 9.47 Å². The number of ketones is 2. The molecule has 1 aliphatic carbocycles. The smallest absolute Gasteiger partial charge is 0.318 e. The van der Waals surface area contributed by atoms with Crippen LogP contribution in [0.25, 0.3) is 0 Å². The lowest BCUT2D eigenvalue weighted by Gasteiger charge is -2.36. The van der Waals surface area contributed by atoms with Crippen molar-refractivity contribution in [3.8, 4) is 0 Å². The number of hydrogen-bond donors (Lipinski definition) is 0. The van der Waals surface area contributed by atoms with Crippen molar-refractivity contribution in [1.82, 2.24) is 0 Å². The number of ether oxygens (including phenoxy) is 2. The highest BCUT2D eigenvalue weighted by Crippen LogP contribution is 2.52. The molecule has 6 heteroatoms. The largest absolute Gasteiger partial charge is 0.465 e. The number of halogens is 1. The molecule has 5 nitrogen and oxygen atoms in total. The van der Waals surface area contributed by atoms with E-state index >= 15 is 0 Å². The van der Waals surface area contributed by atoms with Crippen molar-refractivity contribution in [1.29, 1.82) is 0 Å². The normalized spacial score (nSPS) is 30.3. The first-order chi connectivity index (χ1) is 13.6.